The molecule has 0 N–H and O–H groups in total. The molecule has 0 heterocycles. The third kappa shape index (κ3) is 6.29. The van der Waals surface area contributed by atoms with Gasteiger partial charge in [-0.15, -0.1) is 0 Å². The van der Waals surface area contributed by atoms with Crippen LogP contribution in [0.15, 0.2) is 33.6 Å². The molecule has 0 fully saturated rings. The maximum atomic E-state index is 13.1. The Morgan fingerprint density at radius 1 is 0.815 bits per heavy atom. The van der Waals surface area contributed by atoms with E-state index >= 15 is 0 Å². The van der Waals surface area contributed by atoms with E-state index in [2.05, 4.69) is 15.9 Å². The van der Waals surface area contributed by atoms with Gasteiger partial charge < -0.3 is 9.80 Å². The highest BCUT2D eigenvalue weighted by Crippen LogP contribution is 2.19. The van der Waals surface area contributed by atoms with Crippen LogP contribution in [0.4, 0.5) is 0 Å². The van der Waals surface area contributed by atoms with Gasteiger partial charge in [-0.1, -0.05) is 15.9 Å². The zero-order valence-corrected chi connectivity index (χ0v) is 18.7. The number of carbonyl (C=O) groups excluding carboxylic acids is 2. The Kier molecular flexibility index (Phi) is 9.41. The number of rotatable bonds is 10. The van der Waals surface area contributed by atoms with Crippen molar-refractivity contribution in [3.8, 4) is 0 Å². The van der Waals surface area contributed by atoms with E-state index in [0.29, 0.717) is 26.2 Å². The molecule has 0 aliphatic heterocycles. The lowest BCUT2D eigenvalue weighted by atomic mass is 10.4. The first-order chi connectivity index (χ1) is 12.7. The molecule has 0 unspecified atom stereocenters. The normalized spacial score (nSPS) is 11.5. The van der Waals surface area contributed by atoms with Gasteiger partial charge in [-0.05, 0) is 52.0 Å². The number of likely N-dealkylation sites (N-methyl/N-ethyl adjacent to an activating group) is 2. The topological polar surface area (TPSA) is 78.0 Å². The SMILES string of the molecule is CCN(CC)C(=O)CN(CC(=O)N(CC)CC)S(=O)(=O)c1ccc(Br)cc1. The molecule has 0 bridgehead atoms. The maximum Gasteiger partial charge on any atom is 0.244 e. The fourth-order valence-corrected chi connectivity index (χ4v) is 4.24. The average molecular weight is 462 g/mol. The van der Waals surface area contributed by atoms with Crippen LogP contribution in [0.25, 0.3) is 0 Å². The molecule has 9 heteroatoms. The van der Waals surface area contributed by atoms with Crippen LogP contribution < -0.4 is 0 Å². The summed E-state index contributed by atoms with van der Waals surface area (Å²) in [6, 6.07) is 6.14. The third-order valence-corrected chi connectivity index (χ3v) is 6.64. The monoisotopic (exact) mass is 461 g/mol. The number of hydrogen-bond acceptors (Lipinski definition) is 4. The van der Waals surface area contributed by atoms with E-state index in [4.69, 9.17) is 0 Å². The largest absolute Gasteiger partial charge is 0.342 e. The van der Waals surface area contributed by atoms with Crippen molar-refractivity contribution < 1.29 is 18.0 Å². The van der Waals surface area contributed by atoms with Crippen molar-refractivity contribution in [2.45, 2.75) is 32.6 Å². The van der Waals surface area contributed by atoms with Crippen molar-refractivity contribution in [1.29, 1.82) is 0 Å². The minimum Gasteiger partial charge on any atom is -0.342 e. The van der Waals surface area contributed by atoms with E-state index in [0.717, 1.165) is 8.78 Å². The van der Waals surface area contributed by atoms with Crippen molar-refractivity contribution in [3.05, 3.63) is 28.7 Å². The van der Waals surface area contributed by atoms with Crippen LogP contribution in [0.5, 0.6) is 0 Å². The first-order valence-electron chi connectivity index (χ1n) is 9.02. The molecule has 2 amide bonds. The Hall–Kier alpha value is -1.45. The Morgan fingerprint density at radius 3 is 1.52 bits per heavy atom. The van der Waals surface area contributed by atoms with E-state index in [9.17, 15) is 18.0 Å². The van der Waals surface area contributed by atoms with Crippen LogP contribution in [-0.2, 0) is 19.6 Å². The first kappa shape index (κ1) is 23.6. The van der Waals surface area contributed by atoms with Gasteiger partial charge in [0.2, 0.25) is 21.8 Å². The second kappa shape index (κ2) is 10.8. The number of nitrogens with zero attached hydrogens (tertiary/aromatic N) is 3. The Bertz CT molecular complexity index is 703. The van der Waals surface area contributed by atoms with Gasteiger partial charge in [0, 0.05) is 30.7 Å². The van der Waals surface area contributed by atoms with Crippen LogP contribution in [0.3, 0.4) is 0 Å². The lowest BCUT2D eigenvalue weighted by Crippen LogP contribution is -2.47. The second-order valence-corrected chi connectivity index (χ2v) is 8.71. The summed E-state index contributed by atoms with van der Waals surface area (Å²) in [5.41, 5.74) is 0. The summed E-state index contributed by atoms with van der Waals surface area (Å²) >= 11 is 3.28. The molecule has 0 aliphatic rings. The van der Waals surface area contributed by atoms with Gasteiger partial charge in [0.25, 0.3) is 0 Å². The summed E-state index contributed by atoms with van der Waals surface area (Å²) in [6.07, 6.45) is 0. The van der Waals surface area contributed by atoms with Crippen molar-refractivity contribution in [1.82, 2.24) is 14.1 Å². The fraction of sp³-hybridized carbons (Fsp3) is 0.556. The van der Waals surface area contributed by atoms with Gasteiger partial charge in [0.15, 0.2) is 0 Å². The highest BCUT2D eigenvalue weighted by atomic mass is 79.9. The van der Waals surface area contributed by atoms with Crippen molar-refractivity contribution >= 4 is 37.8 Å². The molecule has 0 aliphatic carbocycles. The summed E-state index contributed by atoms with van der Waals surface area (Å²) in [6.45, 7) is 8.49. The highest BCUT2D eigenvalue weighted by Gasteiger charge is 2.30. The molecule has 1 aromatic carbocycles. The summed E-state index contributed by atoms with van der Waals surface area (Å²) < 4.78 is 27.9. The molecular weight excluding hydrogens is 434 g/mol. The number of halogens is 1. The number of carbonyl (C=O) groups is 2. The Morgan fingerprint density at radius 2 is 1.19 bits per heavy atom. The molecule has 0 saturated carbocycles. The lowest BCUT2D eigenvalue weighted by Gasteiger charge is -2.27. The van der Waals surface area contributed by atoms with Gasteiger partial charge in [-0.25, -0.2) is 8.42 Å². The fourth-order valence-electron chi connectivity index (χ4n) is 2.64. The number of amides is 2. The second-order valence-electron chi connectivity index (χ2n) is 5.86. The van der Waals surface area contributed by atoms with Crippen LogP contribution in [0, 0.1) is 0 Å². The summed E-state index contributed by atoms with van der Waals surface area (Å²) in [5, 5.41) is 0. The van der Waals surface area contributed by atoms with E-state index in [1.165, 1.54) is 12.1 Å². The van der Waals surface area contributed by atoms with Crippen LogP contribution >= 0.6 is 15.9 Å². The number of benzene rings is 1. The average Bonchev–Trinajstić information content (AvgIpc) is 2.63. The molecule has 0 radical (unpaired) electrons. The maximum absolute atomic E-state index is 13.1. The number of hydrogen-bond donors (Lipinski definition) is 0. The van der Waals surface area contributed by atoms with Crippen LogP contribution in [0.2, 0.25) is 0 Å². The molecule has 1 aromatic rings. The summed E-state index contributed by atoms with van der Waals surface area (Å²) in [7, 11) is -3.99. The summed E-state index contributed by atoms with van der Waals surface area (Å²) in [4.78, 5) is 28.2. The van der Waals surface area contributed by atoms with Gasteiger partial charge in [-0.2, -0.15) is 4.31 Å². The third-order valence-electron chi connectivity index (χ3n) is 4.31. The van der Waals surface area contributed by atoms with E-state index < -0.39 is 10.0 Å². The summed E-state index contributed by atoms with van der Waals surface area (Å²) in [5.74, 6) is -0.652. The van der Waals surface area contributed by atoms with Crippen molar-refractivity contribution in [2.24, 2.45) is 0 Å². The minimum absolute atomic E-state index is 0.0467. The lowest BCUT2D eigenvalue weighted by molar-refractivity contribution is -0.133. The molecule has 0 atom stereocenters. The zero-order chi connectivity index (χ0) is 20.6. The molecule has 152 valence electrons. The van der Waals surface area contributed by atoms with E-state index in [1.807, 2.05) is 27.7 Å². The molecule has 0 spiro atoms. The predicted molar refractivity (Wildman–Crippen MR) is 109 cm³/mol. The number of sulfonamides is 1. The van der Waals surface area contributed by atoms with Gasteiger partial charge in [-0.3, -0.25) is 9.59 Å². The van der Waals surface area contributed by atoms with Crippen molar-refractivity contribution in [2.75, 3.05) is 39.3 Å². The van der Waals surface area contributed by atoms with Crippen molar-refractivity contribution in [3.63, 3.8) is 0 Å². The Labute approximate surface area is 170 Å². The predicted octanol–water partition coefficient (Wildman–Crippen LogP) is 2.18. The van der Waals surface area contributed by atoms with Gasteiger partial charge in [0.05, 0.1) is 18.0 Å². The smallest absolute Gasteiger partial charge is 0.244 e. The zero-order valence-electron chi connectivity index (χ0n) is 16.3. The highest BCUT2D eigenvalue weighted by molar-refractivity contribution is 9.10. The molecule has 0 aromatic heterocycles. The van der Waals surface area contributed by atoms with Crippen LogP contribution in [0.1, 0.15) is 27.7 Å². The quantitative estimate of drug-likeness (QED) is 0.534. The molecule has 0 saturated heterocycles. The molecule has 27 heavy (non-hydrogen) atoms. The standard InChI is InChI=1S/C18H28BrN3O4S/c1-5-20(6-2)17(23)13-22(14-18(24)21(7-3)8-4)27(25,26)16-11-9-15(19)10-12-16/h9-12H,5-8,13-14H2,1-4H3. The minimum atomic E-state index is -3.99. The van der Waals surface area contributed by atoms with Gasteiger partial charge >= 0.3 is 0 Å². The molecule has 1 rings (SSSR count). The van der Waals surface area contributed by atoms with Crippen LogP contribution in [-0.4, -0.2) is 73.6 Å². The molecule has 7 nitrogen and oxygen atoms in total. The molecular formula is C18H28BrN3O4S. The van der Waals surface area contributed by atoms with E-state index in [1.54, 1.807) is 21.9 Å². The van der Waals surface area contributed by atoms with E-state index in [-0.39, 0.29) is 29.8 Å². The van der Waals surface area contributed by atoms with Gasteiger partial charge in [0.1, 0.15) is 0 Å². The first-order valence-corrected chi connectivity index (χ1v) is 11.3. The Balaban J connectivity index is 3.21.